The van der Waals surface area contributed by atoms with E-state index < -0.39 is 12.0 Å². The molecule has 0 aliphatic heterocycles. The van der Waals surface area contributed by atoms with E-state index >= 15 is 0 Å². The molecule has 0 radical (unpaired) electrons. The van der Waals surface area contributed by atoms with Gasteiger partial charge in [0.15, 0.2) is 0 Å². The second kappa shape index (κ2) is 13.9. The van der Waals surface area contributed by atoms with Crippen LogP contribution in [0, 0.1) is 0 Å². The molecule has 4 rings (SSSR count). The first-order valence-corrected chi connectivity index (χ1v) is 11.0. The minimum Gasteiger partial charge on any atom is -0.480 e. The zero-order valence-corrected chi connectivity index (χ0v) is 20.0. The highest BCUT2D eigenvalue weighted by Crippen LogP contribution is 2.18. The van der Waals surface area contributed by atoms with Crippen molar-refractivity contribution in [1.29, 1.82) is 0 Å². The topological polar surface area (TPSA) is 131 Å². The molecule has 0 unspecified atom stereocenters. The third-order valence-electron chi connectivity index (χ3n) is 5.24. The molecule has 4 aromatic rings. The number of carboxylic acids is 1. The number of nitrogens with two attached hydrogens (primary N) is 2. The average molecular weight is 496 g/mol. The van der Waals surface area contributed by atoms with Crippen molar-refractivity contribution in [2.75, 3.05) is 6.54 Å². The molecule has 6 N–H and O–H groups in total. The Balaban J connectivity index is 0.000000246. The number of hydrogen-bond donors (Lipinski definition) is 4. The molecular formula is C27H30ClN3O4. The van der Waals surface area contributed by atoms with Gasteiger partial charge in [0.1, 0.15) is 12.6 Å². The lowest BCUT2D eigenvalue weighted by Crippen LogP contribution is -2.32. The number of carboxylic acid groups (broad SMARTS) is 1. The predicted molar refractivity (Wildman–Crippen MR) is 140 cm³/mol. The van der Waals surface area contributed by atoms with Crippen LogP contribution in [0.1, 0.15) is 27.0 Å². The molecule has 0 aliphatic rings. The molecule has 1 atom stereocenters. The van der Waals surface area contributed by atoms with Gasteiger partial charge in [0.25, 0.3) is 0 Å². The number of rotatable bonds is 8. The Labute approximate surface area is 210 Å². The maximum atomic E-state index is 11.9. The number of hydrogen-bond acceptors (Lipinski definition) is 5. The minimum absolute atomic E-state index is 0. The number of benzene rings is 3. The molecule has 0 saturated heterocycles. The first-order valence-electron chi connectivity index (χ1n) is 11.0. The lowest BCUT2D eigenvalue weighted by molar-refractivity contribution is -0.138. The molecular weight excluding hydrogens is 466 g/mol. The monoisotopic (exact) mass is 495 g/mol. The molecule has 1 heterocycles. The molecule has 35 heavy (non-hydrogen) atoms. The van der Waals surface area contributed by atoms with Crippen LogP contribution in [0.4, 0.5) is 0 Å². The Kier molecular flexibility index (Phi) is 11.0. The number of aromatic nitrogens is 1. The highest BCUT2D eigenvalue weighted by molar-refractivity contribution is 5.89. The summed E-state index contributed by atoms with van der Waals surface area (Å²) in [5.74, 6) is -1.27. The summed E-state index contributed by atoms with van der Waals surface area (Å²) >= 11 is 0. The summed E-state index contributed by atoms with van der Waals surface area (Å²) < 4.78 is 5.28. The van der Waals surface area contributed by atoms with Crippen molar-refractivity contribution in [3.63, 3.8) is 0 Å². The van der Waals surface area contributed by atoms with E-state index in [1.165, 1.54) is 0 Å². The highest BCUT2D eigenvalue weighted by Gasteiger charge is 2.14. The van der Waals surface area contributed by atoms with Gasteiger partial charge in [-0.05, 0) is 47.9 Å². The minimum atomic E-state index is -0.972. The molecule has 0 spiro atoms. The number of para-hydroxylation sites is 1. The third-order valence-corrected chi connectivity index (χ3v) is 5.24. The summed E-state index contributed by atoms with van der Waals surface area (Å²) in [5.41, 5.74) is 15.5. The molecule has 0 aliphatic carbocycles. The third kappa shape index (κ3) is 8.26. The molecule has 0 bridgehead atoms. The zero-order valence-electron chi connectivity index (χ0n) is 19.2. The van der Waals surface area contributed by atoms with Gasteiger partial charge < -0.3 is 26.3 Å². The number of aliphatic carboxylic acids is 1. The van der Waals surface area contributed by atoms with Crippen molar-refractivity contribution in [1.82, 2.24) is 4.98 Å². The molecule has 8 heteroatoms. The molecule has 0 amide bonds. The number of halogens is 1. The summed E-state index contributed by atoms with van der Waals surface area (Å²) in [6.07, 6.45) is 2.92. The van der Waals surface area contributed by atoms with Crippen molar-refractivity contribution >= 4 is 35.2 Å². The van der Waals surface area contributed by atoms with E-state index in [-0.39, 0.29) is 18.4 Å². The van der Waals surface area contributed by atoms with E-state index in [2.05, 4.69) is 4.98 Å². The van der Waals surface area contributed by atoms with Crippen LogP contribution >= 0.6 is 12.4 Å². The second-order valence-corrected chi connectivity index (χ2v) is 7.81. The van der Waals surface area contributed by atoms with Crippen LogP contribution < -0.4 is 11.5 Å². The van der Waals surface area contributed by atoms with Crippen molar-refractivity contribution < 1.29 is 19.4 Å². The molecule has 1 aromatic heterocycles. The lowest BCUT2D eigenvalue weighted by atomic mass is 10.1. The van der Waals surface area contributed by atoms with Crippen LogP contribution in [0.3, 0.4) is 0 Å². The van der Waals surface area contributed by atoms with Gasteiger partial charge in [-0.25, -0.2) is 4.79 Å². The van der Waals surface area contributed by atoms with Crippen molar-refractivity contribution in [3.8, 4) is 0 Å². The number of esters is 1. The van der Waals surface area contributed by atoms with E-state index in [0.29, 0.717) is 25.1 Å². The molecule has 7 nitrogen and oxygen atoms in total. The van der Waals surface area contributed by atoms with E-state index in [0.717, 1.165) is 34.0 Å². The van der Waals surface area contributed by atoms with Gasteiger partial charge in [-0.2, -0.15) is 0 Å². The van der Waals surface area contributed by atoms with Crippen LogP contribution in [0.15, 0.2) is 85.1 Å². The van der Waals surface area contributed by atoms with Gasteiger partial charge in [0.2, 0.25) is 0 Å². The van der Waals surface area contributed by atoms with Crippen molar-refractivity contribution in [2.24, 2.45) is 11.5 Å². The maximum absolute atomic E-state index is 11.9. The van der Waals surface area contributed by atoms with Crippen LogP contribution in [0.2, 0.25) is 0 Å². The Morgan fingerprint density at radius 2 is 1.63 bits per heavy atom. The largest absolute Gasteiger partial charge is 0.480 e. The number of aromatic amines is 1. The van der Waals surface area contributed by atoms with Crippen molar-refractivity contribution in [3.05, 3.63) is 107 Å². The Bertz CT molecular complexity index is 1230. The van der Waals surface area contributed by atoms with E-state index in [4.69, 9.17) is 21.3 Å². The van der Waals surface area contributed by atoms with Gasteiger partial charge in [-0.3, -0.25) is 4.79 Å². The first-order chi connectivity index (χ1) is 16.5. The van der Waals surface area contributed by atoms with Gasteiger partial charge >= 0.3 is 11.9 Å². The highest BCUT2D eigenvalue weighted by atomic mass is 35.5. The number of carbonyl (C=O) groups excluding carboxylic acids is 1. The molecule has 0 saturated carbocycles. The van der Waals surface area contributed by atoms with E-state index in [1.54, 1.807) is 6.07 Å². The first kappa shape index (κ1) is 27.6. The fourth-order valence-corrected chi connectivity index (χ4v) is 3.45. The maximum Gasteiger partial charge on any atom is 0.338 e. The van der Waals surface area contributed by atoms with Gasteiger partial charge in [-0.1, -0.05) is 60.7 Å². The smallest absolute Gasteiger partial charge is 0.338 e. The number of fused-ring (bicyclic) bond motifs is 1. The fourth-order valence-electron chi connectivity index (χ4n) is 3.45. The fraction of sp³-hybridized carbons (Fsp3) is 0.185. The SMILES string of the molecule is Cl.NCCc1cccc(C(=O)OCc2ccccc2)c1.N[C@@H](Cc1c[nH]c2ccccc12)C(=O)O. The Morgan fingerprint density at radius 1 is 0.943 bits per heavy atom. The van der Waals surface area contributed by atoms with Crippen LogP contribution in [-0.2, 0) is 29.0 Å². The molecule has 184 valence electrons. The standard InChI is InChI=1S/C16H17NO2.C11H12N2O2.ClH/c17-10-9-13-7-4-8-15(11-13)16(18)19-12-14-5-2-1-3-6-14;12-9(11(14)15)5-7-6-13-10-4-2-1-3-8(7)10;/h1-8,11H,9-10,12,17H2;1-4,6,9,13H,5,12H2,(H,14,15);1H/t;9-;/m.0./s1. The van der Waals surface area contributed by atoms with Gasteiger partial charge in [0, 0.05) is 23.5 Å². The quantitative estimate of drug-likeness (QED) is 0.272. The predicted octanol–water partition coefficient (Wildman–Crippen LogP) is 4.09. The van der Waals surface area contributed by atoms with Gasteiger partial charge in [-0.15, -0.1) is 12.4 Å². The van der Waals surface area contributed by atoms with Crippen LogP contribution in [0.5, 0.6) is 0 Å². The summed E-state index contributed by atoms with van der Waals surface area (Å²) in [7, 11) is 0. The van der Waals surface area contributed by atoms with Crippen LogP contribution in [-0.4, -0.2) is 34.6 Å². The normalized spacial score (nSPS) is 11.0. The number of H-pyrrole nitrogens is 1. The summed E-state index contributed by atoms with van der Waals surface area (Å²) in [4.78, 5) is 25.6. The Hall–Kier alpha value is -3.65. The summed E-state index contributed by atoms with van der Waals surface area (Å²) in [6.45, 7) is 0.864. The molecule has 3 aromatic carbocycles. The van der Waals surface area contributed by atoms with Crippen molar-refractivity contribution in [2.45, 2.75) is 25.5 Å². The number of nitrogens with one attached hydrogen (secondary N) is 1. The summed E-state index contributed by atoms with van der Waals surface area (Å²) in [5, 5.41) is 9.75. The second-order valence-electron chi connectivity index (χ2n) is 7.81. The van der Waals surface area contributed by atoms with Gasteiger partial charge in [0.05, 0.1) is 5.56 Å². The zero-order chi connectivity index (χ0) is 24.3. The lowest BCUT2D eigenvalue weighted by Gasteiger charge is -2.06. The van der Waals surface area contributed by atoms with Crippen LogP contribution in [0.25, 0.3) is 10.9 Å². The number of ether oxygens (including phenoxy) is 1. The average Bonchev–Trinajstić information content (AvgIpc) is 3.27. The summed E-state index contributed by atoms with van der Waals surface area (Å²) in [6, 6.07) is 23.9. The molecule has 0 fully saturated rings. The van der Waals surface area contributed by atoms with E-state index in [9.17, 15) is 9.59 Å². The number of carbonyl (C=O) groups is 2. The van der Waals surface area contributed by atoms with E-state index in [1.807, 2.05) is 79.0 Å². The Morgan fingerprint density at radius 3 is 2.34 bits per heavy atom.